The highest BCUT2D eigenvalue weighted by Crippen LogP contribution is 2.28. The number of benzene rings is 1. The SMILES string of the molecule is COc1ccnc(CCc2nc3ncc(-c4ccc(S(=O)(=O)N5CCC(C)C5)cc4)cc3o2)c1. The molecule has 0 N–H and O–H groups in total. The number of aromatic nitrogens is 3. The van der Waals surface area contributed by atoms with E-state index in [2.05, 4.69) is 21.9 Å². The van der Waals surface area contributed by atoms with Crippen LogP contribution in [-0.2, 0) is 22.9 Å². The van der Waals surface area contributed by atoms with E-state index in [0.29, 0.717) is 53.9 Å². The summed E-state index contributed by atoms with van der Waals surface area (Å²) in [6.45, 7) is 3.23. The number of ether oxygens (including phenoxy) is 1. The van der Waals surface area contributed by atoms with Gasteiger partial charge in [0.15, 0.2) is 17.1 Å². The topological polar surface area (TPSA) is 98.4 Å². The number of fused-ring (bicyclic) bond motifs is 1. The van der Waals surface area contributed by atoms with Crippen molar-refractivity contribution in [3.05, 3.63) is 66.4 Å². The number of sulfonamides is 1. The number of hydrogen-bond acceptors (Lipinski definition) is 7. The average molecular weight is 479 g/mol. The highest BCUT2D eigenvalue weighted by Gasteiger charge is 2.30. The molecule has 176 valence electrons. The Morgan fingerprint density at radius 1 is 1.09 bits per heavy atom. The molecule has 0 bridgehead atoms. The maximum absolute atomic E-state index is 12.9. The lowest BCUT2D eigenvalue weighted by atomic mass is 10.1. The predicted molar refractivity (Wildman–Crippen MR) is 128 cm³/mol. The second kappa shape index (κ2) is 9.15. The summed E-state index contributed by atoms with van der Waals surface area (Å²) in [5, 5.41) is 0. The normalized spacial score (nSPS) is 16.8. The molecule has 0 saturated carbocycles. The van der Waals surface area contributed by atoms with Crippen molar-refractivity contribution in [3.8, 4) is 16.9 Å². The molecule has 1 aliphatic rings. The Kier molecular flexibility index (Phi) is 6.05. The molecule has 4 aromatic rings. The molecule has 0 amide bonds. The van der Waals surface area contributed by atoms with Crippen LogP contribution in [0.25, 0.3) is 22.4 Å². The Bertz CT molecular complexity index is 1420. The number of methoxy groups -OCH3 is 1. The molecule has 1 unspecified atom stereocenters. The maximum Gasteiger partial charge on any atom is 0.243 e. The molecule has 1 aliphatic heterocycles. The number of pyridine rings is 2. The van der Waals surface area contributed by atoms with Gasteiger partial charge in [-0.25, -0.2) is 13.4 Å². The summed E-state index contributed by atoms with van der Waals surface area (Å²) in [6.07, 6.45) is 5.61. The molecule has 4 heterocycles. The molecular formula is C25H26N4O4S. The Labute approximate surface area is 198 Å². The van der Waals surface area contributed by atoms with E-state index in [9.17, 15) is 8.42 Å². The summed E-state index contributed by atoms with van der Waals surface area (Å²) in [7, 11) is -1.83. The van der Waals surface area contributed by atoms with Gasteiger partial charge in [-0.1, -0.05) is 19.1 Å². The third kappa shape index (κ3) is 4.53. The van der Waals surface area contributed by atoms with Crippen molar-refractivity contribution in [3.63, 3.8) is 0 Å². The first kappa shape index (κ1) is 22.5. The van der Waals surface area contributed by atoms with E-state index in [-0.39, 0.29) is 0 Å². The largest absolute Gasteiger partial charge is 0.497 e. The molecule has 0 aliphatic carbocycles. The molecule has 3 aromatic heterocycles. The van der Waals surface area contributed by atoms with Crippen LogP contribution >= 0.6 is 0 Å². The zero-order valence-corrected chi connectivity index (χ0v) is 20.0. The first-order valence-corrected chi connectivity index (χ1v) is 12.7. The summed E-state index contributed by atoms with van der Waals surface area (Å²) in [5.74, 6) is 1.75. The van der Waals surface area contributed by atoms with Crippen LogP contribution in [-0.4, -0.2) is 47.9 Å². The van der Waals surface area contributed by atoms with Gasteiger partial charge in [0.25, 0.3) is 0 Å². The molecule has 1 saturated heterocycles. The van der Waals surface area contributed by atoms with Gasteiger partial charge >= 0.3 is 0 Å². The number of hydrogen-bond donors (Lipinski definition) is 0. The molecule has 1 atom stereocenters. The Morgan fingerprint density at radius 3 is 2.65 bits per heavy atom. The zero-order valence-electron chi connectivity index (χ0n) is 19.1. The van der Waals surface area contributed by atoms with Gasteiger partial charge in [0, 0.05) is 49.2 Å². The lowest BCUT2D eigenvalue weighted by Crippen LogP contribution is -2.28. The molecule has 34 heavy (non-hydrogen) atoms. The summed E-state index contributed by atoms with van der Waals surface area (Å²) >= 11 is 0. The first-order valence-electron chi connectivity index (χ1n) is 11.3. The minimum atomic E-state index is -3.46. The lowest BCUT2D eigenvalue weighted by molar-refractivity contribution is 0.413. The molecule has 8 nitrogen and oxygen atoms in total. The van der Waals surface area contributed by atoms with Crippen molar-refractivity contribution < 1.29 is 17.6 Å². The van der Waals surface area contributed by atoms with Gasteiger partial charge in [-0.15, -0.1) is 0 Å². The number of rotatable bonds is 7. The molecule has 9 heteroatoms. The second-order valence-electron chi connectivity index (χ2n) is 8.62. The molecule has 0 spiro atoms. The van der Waals surface area contributed by atoms with E-state index in [1.165, 1.54) is 0 Å². The van der Waals surface area contributed by atoms with Crippen LogP contribution < -0.4 is 4.74 Å². The average Bonchev–Trinajstić information content (AvgIpc) is 3.48. The number of nitrogens with zero attached hydrogens (tertiary/aromatic N) is 4. The highest BCUT2D eigenvalue weighted by atomic mass is 32.2. The third-order valence-electron chi connectivity index (χ3n) is 6.12. The molecule has 5 rings (SSSR count). The fraction of sp³-hybridized carbons (Fsp3) is 0.320. The lowest BCUT2D eigenvalue weighted by Gasteiger charge is -2.16. The van der Waals surface area contributed by atoms with Gasteiger partial charge in [-0.05, 0) is 48.6 Å². The Morgan fingerprint density at radius 2 is 1.91 bits per heavy atom. The van der Waals surface area contributed by atoms with Gasteiger partial charge in [-0.3, -0.25) is 4.98 Å². The van der Waals surface area contributed by atoms with E-state index < -0.39 is 10.0 Å². The molecule has 1 aromatic carbocycles. The summed E-state index contributed by atoms with van der Waals surface area (Å²) in [5.41, 5.74) is 3.73. The van der Waals surface area contributed by atoms with Crippen LogP contribution in [0.4, 0.5) is 0 Å². The molecular weight excluding hydrogens is 452 g/mol. The zero-order chi connectivity index (χ0) is 23.7. The van der Waals surface area contributed by atoms with Crippen LogP contribution in [0.3, 0.4) is 0 Å². The molecule has 1 fully saturated rings. The maximum atomic E-state index is 12.9. The standard InChI is InChI=1S/C25H26N4O4S/c1-17-10-12-29(16-17)34(30,31)22-6-3-18(4-7-22)19-13-23-25(27-15-19)28-24(33-23)8-5-20-14-21(32-2)9-11-26-20/h3-4,6-7,9,11,13-15,17H,5,8,10,12,16H2,1-2H3. The highest BCUT2D eigenvalue weighted by molar-refractivity contribution is 7.89. The van der Waals surface area contributed by atoms with Crippen LogP contribution in [0.2, 0.25) is 0 Å². The van der Waals surface area contributed by atoms with Crippen molar-refractivity contribution in [1.82, 2.24) is 19.3 Å². The van der Waals surface area contributed by atoms with Gasteiger partial charge in [-0.2, -0.15) is 9.29 Å². The van der Waals surface area contributed by atoms with E-state index >= 15 is 0 Å². The fourth-order valence-electron chi connectivity index (χ4n) is 4.17. The van der Waals surface area contributed by atoms with Crippen molar-refractivity contribution in [2.24, 2.45) is 5.92 Å². The quantitative estimate of drug-likeness (QED) is 0.394. The summed E-state index contributed by atoms with van der Waals surface area (Å²) < 4.78 is 38.5. The number of oxazole rings is 1. The van der Waals surface area contributed by atoms with E-state index in [1.54, 1.807) is 48.1 Å². The summed E-state index contributed by atoms with van der Waals surface area (Å²) in [4.78, 5) is 13.6. The van der Waals surface area contributed by atoms with Crippen molar-refractivity contribution in [2.45, 2.75) is 31.1 Å². The van der Waals surface area contributed by atoms with E-state index in [4.69, 9.17) is 9.15 Å². The van der Waals surface area contributed by atoms with Crippen molar-refractivity contribution in [2.75, 3.05) is 20.2 Å². The van der Waals surface area contributed by atoms with Crippen molar-refractivity contribution >= 4 is 21.3 Å². The van der Waals surface area contributed by atoms with Gasteiger partial charge < -0.3 is 9.15 Å². The van der Waals surface area contributed by atoms with Gasteiger partial charge in [0.2, 0.25) is 10.0 Å². The monoisotopic (exact) mass is 478 g/mol. The Balaban J connectivity index is 1.32. The molecule has 0 radical (unpaired) electrons. The minimum absolute atomic E-state index is 0.312. The van der Waals surface area contributed by atoms with Crippen molar-refractivity contribution in [1.29, 1.82) is 0 Å². The number of aryl methyl sites for hydroxylation is 2. The smallest absolute Gasteiger partial charge is 0.243 e. The van der Waals surface area contributed by atoms with Crippen LogP contribution in [0.15, 0.2) is 64.2 Å². The van der Waals surface area contributed by atoms with Gasteiger partial charge in [0.05, 0.1) is 12.0 Å². The summed E-state index contributed by atoms with van der Waals surface area (Å²) in [6, 6.07) is 12.5. The third-order valence-corrected chi connectivity index (χ3v) is 8.00. The Hall–Kier alpha value is -3.30. The van der Waals surface area contributed by atoms with Crippen LogP contribution in [0.1, 0.15) is 24.9 Å². The van der Waals surface area contributed by atoms with Crippen LogP contribution in [0, 0.1) is 5.92 Å². The van der Waals surface area contributed by atoms with Crippen LogP contribution in [0.5, 0.6) is 5.75 Å². The fourth-order valence-corrected chi connectivity index (χ4v) is 5.74. The minimum Gasteiger partial charge on any atom is -0.497 e. The first-order chi connectivity index (χ1) is 16.4. The van der Waals surface area contributed by atoms with Gasteiger partial charge in [0.1, 0.15) is 5.75 Å². The van der Waals surface area contributed by atoms with E-state index in [0.717, 1.165) is 29.0 Å². The van der Waals surface area contributed by atoms with E-state index in [1.807, 2.05) is 18.2 Å². The predicted octanol–water partition coefficient (Wildman–Crippen LogP) is 4.11. The second-order valence-corrected chi connectivity index (χ2v) is 10.6.